The molecule has 0 aliphatic heterocycles. The van der Waals surface area contributed by atoms with E-state index in [9.17, 15) is 4.79 Å². The van der Waals surface area contributed by atoms with Crippen LogP contribution in [0.3, 0.4) is 0 Å². The average Bonchev–Trinajstić information content (AvgIpc) is 2.51. The second-order valence-corrected chi connectivity index (χ2v) is 2.56. The number of hydrogen-bond donors (Lipinski definition) is 0. The summed E-state index contributed by atoms with van der Waals surface area (Å²) >= 11 is 0. The Hall–Kier alpha value is -1.57. The van der Waals surface area contributed by atoms with Gasteiger partial charge in [-0.25, -0.2) is 4.79 Å². The van der Waals surface area contributed by atoms with Crippen molar-refractivity contribution in [1.29, 1.82) is 0 Å². The summed E-state index contributed by atoms with van der Waals surface area (Å²) in [5.74, 6) is 0. The van der Waals surface area contributed by atoms with Gasteiger partial charge in [-0.15, -0.1) is 0 Å². The molecule has 0 atom stereocenters. The minimum Gasteiger partial charge on any atom is -0.423 e. The van der Waals surface area contributed by atoms with E-state index in [-0.39, 0.29) is 5.63 Å². The standard InChI is InChI=1S/C11H12O2.3C2H6/c1-3-5-6-10-9(4-2)7-8-11(12)13-10;3*1-2/h3-8H,1-2H3;3*1-2H3/b5-3-,9-4-,10-6+;;;. The lowest BCUT2D eigenvalue weighted by atomic mass is 10.3. The van der Waals surface area contributed by atoms with Crippen molar-refractivity contribution in [3.63, 3.8) is 0 Å². The lowest BCUT2D eigenvalue weighted by Gasteiger charge is -1.86. The molecule has 0 saturated carbocycles. The van der Waals surface area contributed by atoms with Gasteiger partial charge in [0.25, 0.3) is 0 Å². The Labute approximate surface area is 118 Å². The summed E-state index contributed by atoms with van der Waals surface area (Å²) in [7, 11) is 0. The van der Waals surface area contributed by atoms with E-state index in [2.05, 4.69) is 0 Å². The molecule has 110 valence electrons. The molecule has 0 aliphatic rings. The van der Waals surface area contributed by atoms with Gasteiger partial charge in [-0.2, -0.15) is 0 Å². The van der Waals surface area contributed by atoms with E-state index in [0.29, 0.717) is 5.42 Å². The van der Waals surface area contributed by atoms with Crippen molar-refractivity contribution >= 4 is 12.2 Å². The maximum Gasteiger partial charge on any atom is 0.336 e. The normalized spacial score (nSPS) is 10.7. The largest absolute Gasteiger partial charge is 0.423 e. The Kier molecular flexibility index (Phi) is 22.3. The molecule has 0 spiro atoms. The van der Waals surface area contributed by atoms with Crippen LogP contribution in [-0.4, -0.2) is 0 Å². The summed E-state index contributed by atoms with van der Waals surface area (Å²) in [5.41, 5.74) is 0.287. The summed E-state index contributed by atoms with van der Waals surface area (Å²) in [5, 5.41) is 0.928. The molecule has 2 heteroatoms. The van der Waals surface area contributed by atoms with Crippen LogP contribution in [0.15, 0.2) is 33.5 Å². The van der Waals surface area contributed by atoms with E-state index >= 15 is 0 Å². The summed E-state index contributed by atoms with van der Waals surface area (Å²) < 4.78 is 5.01. The molecular formula is C17H30O2. The highest BCUT2D eigenvalue weighted by molar-refractivity contribution is 5.35. The second kappa shape index (κ2) is 18.8. The summed E-state index contributed by atoms with van der Waals surface area (Å²) in [6.07, 6.45) is 7.40. The predicted octanol–water partition coefficient (Wildman–Crippen LogP) is 3.88. The van der Waals surface area contributed by atoms with Crippen molar-refractivity contribution < 1.29 is 4.42 Å². The van der Waals surface area contributed by atoms with Crippen molar-refractivity contribution in [2.24, 2.45) is 0 Å². The minimum absolute atomic E-state index is 0.318. The van der Waals surface area contributed by atoms with Crippen molar-refractivity contribution in [1.82, 2.24) is 0 Å². The van der Waals surface area contributed by atoms with Gasteiger partial charge in [-0.05, 0) is 26.0 Å². The molecule has 19 heavy (non-hydrogen) atoms. The van der Waals surface area contributed by atoms with Gasteiger partial charge in [-0.3, -0.25) is 0 Å². The van der Waals surface area contributed by atoms with Crippen LogP contribution in [0.1, 0.15) is 55.4 Å². The summed E-state index contributed by atoms with van der Waals surface area (Å²) in [6.45, 7) is 15.8. The van der Waals surface area contributed by atoms with Gasteiger partial charge >= 0.3 is 5.63 Å². The SMILES string of the molecule is CC.CC.CC.C\C=C/C=c1/oc(=O)cc/c1=C/C. The van der Waals surface area contributed by atoms with Gasteiger partial charge in [0.15, 0.2) is 0 Å². The van der Waals surface area contributed by atoms with Gasteiger partial charge in [-0.1, -0.05) is 59.8 Å². The molecule has 1 aromatic rings. The fraction of sp³-hybridized carbons (Fsp3) is 0.471. The maximum absolute atomic E-state index is 10.9. The van der Waals surface area contributed by atoms with Crippen LogP contribution in [-0.2, 0) is 0 Å². The number of hydrogen-bond acceptors (Lipinski definition) is 2. The Morgan fingerprint density at radius 3 is 1.89 bits per heavy atom. The fourth-order valence-electron chi connectivity index (χ4n) is 0.994. The molecule has 1 heterocycles. The van der Waals surface area contributed by atoms with Gasteiger partial charge in [0.05, 0.1) is 0 Å². The van der Waals surface area contributed by atoms with Crippen LogP contribution in [0.4, 0.5) is 0 Å². The molecule has 1 aromatic heterocycles. The smallest absolute Gasteiger partial charge is 0.336 e. The molecule has 0 aliphatic carbocycles. The van der Waals surface area contributed by atoms with Gasteiger partial charge in [0, 0.05) is 11.3 Å². The first-order chi connectivity index (χ1) is 9.27. The second-order valence-electron chi connectivity index (χ2n) is 2.56. The molecule has 0 N–H and O–H groups in total. The quantitative estimate of drug-likeness (QED) is 0.772. The van der Waals surface area contributed by atoms with Crippen LogP contribution < -0.4 is 16.3 Å². The summed E-state index contributed by atoms with van der Waals surface area (Å²) in [4.78, 5) is 10.9. The first-order valence-corrected chi connectivity index (χ1v) is 7.17. The van der Waals surface area contributed by atoms with E-state index in [4.69, 9.17) is 4.42 Å². The Balaban J connectivity index is -0.000000375. The Morgan fingerprint density at radius 1 is 0.947 bits per heavy atom. The zero-order chi connectivity index (χ0) is 15.7. The Morgan fingerprint density at radius 2 is 1.47 bits per heavy atom. The third kappa shape index (κ3) is 11.3. The molecule has 2 nitrogen and oxygen atoms in total. The first kappa shape index (κ1) is 22.6. The van der Waals surface area contributed by atoms with Gasteiger partial charge in [0.1, 0.15) is 5.42 Å². The predicted molar refractivity (Wildman–Crippen MR) is 87.7 cm³/mol. The monoisotopic (exact) mass is 266 g/mol. The Bertz CT molecular complexity index is 465. The number of rotatable bonds is 1. The topological polar surface area (TPSA) is 30.2 Å². The van der Waals surface area contributed by atoms with E-state index in [1.807, 2.05) is 73.6 Å². The van der Waals surface area contributed by atoms with Crippen LogP contribution >= 0.6 is 0 Å². The molecule has 0 unspecified atom stereocenters. The van der Waals surface area contributed by atoms with Gasteiger partial charge < -0.3 is 4.42 Å². The molecule has 0 amide bonds. The lowest BCUT2D eigenvalue weighted by molar-refractivity contribution is 0.473. The van der Waals surface area contributed by atoms with Crippen molar-refractivity contribution in [3.05, 3.63) is 45.3 Å². The van der Waals surface area contributed by atoms with Crippen molar-refractivity contribution in [2.45, 2.75) is 55.4 Å². The molecule has 0 radical (unpaired) electrons. The van der Waals surface area contributed by atoms with Crippen LogP contribution in [0, 0.1) is 0 Å². The maximum atomic E-state index is 10.9. The number of allylic oxidation sites excluding steroid dienone is 2. The molecular weight excluding hydrogens is 236 g/mol. The molecule has 0 saturated heterocycles. The zero-order valence-electron chi connectivity index (χ0n) is 13.8. The highest BCUT2D eigenvalue weighted by atomic mass is 16.4. The molecule has 0 bridgehead atoms. The highest BCUT2D eigenvalue weighted by Crippen LogP contribution is 1.71. The first-order valence-electron chi connectivity index (χ1n) is 7.17. The molecule has 0 fully saturated rings. The third-order valence-electron chi connectivity index (χ3n) is 1.65. The van der Waals surface area contributed by atoms with E-state index < -0.39 is 0 Å². The van der Waals surface area contributed by atoms with Crippen LogP contribution in [0.2, 0.25) is 0 Å². The average molecular weight is 266 g/mol. The van der Waals surface area contributed by atoms with Crippen LogP contribution in [0.5, 0.6) is 0 Å². The fourth-order valence-corrected chi connectivity index (χ4v) is 0.994. The highest BCUT2D eigenvalue weighted by Gasteiger charge is 1.86. The van der Waals surface area contributed by atoms with Gasteiger partial charge in [0.2, 0.25) is 0 Å². The molecule has 0 aromatic carbocycles. The lowest BCUT2D eigenvalue weighted by Crippen LogP contribution is -2.27. The summed E-state index contributed by atoms with van der Waals surface area (Å²) in [6, 6.07) is 3.17. The van der Waals surface area contributed by atoms with Crippen molar-refractivity contribution in [3.8, 4) is 0 Å². The van der Waals surface area contributed by atoms with Crippen molar-refractivity contribution in [2.75, 3.05) is 0 Å². The van der Waals surface area contributed by atoms with E-state index in [1.54, 1.807) is 12.1 Å². The van der Waals surface area contributed by atoms with E-state index in [0.717, 1.165) is 5.22 Å². The third-order valence-corrected chi connectivity index (χ3v) is 1.65. The zero-order valence-corrected chi connectivity index (χ0v) is 13.8. The van der Waals surface area contributed by atoms with E-state index in [1.165, 1.54) is 6.07 Å². The minimum atomic E-state index is -0.318. The van der Waals surface area contributed by atoms with Crippen LogP contribution in [0.25, 0.3) is 12.2 Å². The molecule has 1 rings (SSSR count).